The van der Waals surface area contributed by atoms with Crippen LogP contribution in [0.5, 0.6) is 0 Å². The van der Waals surface area contributed by atoms with E-state index in [1.165, 1.54) is 0 Å². The molecule has 0 aliphatic rings. The third kappa shape index (κ3) is 7.69. The van der Waals surface area contributed by atoms with Gasteiger partial charge in [-0.1, -0.05) is 25.4 Å². The van der Waals surface area contributed by atoms with Crippen LogP contribution in [0, 0.1) is 17.2 Å². The maximum Gasteiger partial charge on any atom is 0.195 e. The maximum atomic E-state index is 8.94. The van der Waals surface area contributed by atoms with Crippen LogP contribution in [-0.4, -0.2) is 34.3 Å². The van der Waals surface area contributed by atoms with E-state index in [1.54, 1.807) is 30.9 Å². The van der Waals surface area contributed by atoms with E-state index in [9.17, 15) is 0 Å². The Balaban J connectivity index is 1.82. The van der Waals surface area contributed by atoms with Crippen molar-refractivity contribution >= 4 is 33.9 Å². The Morgan fingerprint density at radius 3 is 2.59 bits per heavy atom. The first-order chi connectivity index (χ1) is 17.9. The van der Waals surface area contributed by atoms with Crippen LogP contribution in [-0.2, 0) is 0 Å². The summed E-state index contributed by atoms with van der Waals surface area (Å²) in [6.07, 6.45) is 12.8. The Kier molecular flexibility index (Phi) is 10.3. The number of rotatable bonds is 12. The Labute approximate surface area is 223 Å². The van der Waals surface area contributed by atoms with Crippen LogP contribution >= 0.6 is 11.6 Å². The normalized spacial score (nSPS) is 14.5. The van der Waals surface area contributed by atoms with E-state index in [1.807, 2.05) is 48.9 Å². The second-order valence-electron chi connectivity index (χ2n) is 9.10. The van der Waals surface area contributed by atoms with Gasteiger partial charge in [-0.25, -0.2) is 4.98 Å². The van der Waals surface area contributed by atoms with Crippen molar-refractivity contribution in [1.82, 2.24) is 15.0 Å². The molecule has 8 nitrogen and oxygen atoms in total. The summed E-state index contributed by atoms with van der Waals surface area (Å²) in [6, 6.07) is 9.17. The zero-order valence-corrected chi connectivity index (χ0v) is 22.4. The molecule has 1 unspecified atom stereocenters. The van der Waals surface area contributed by atoms with E-state index >= 15 is 0 Å². The third-order valence-corrected chi connectivity index (χ3v) is 6.60. The van der Waals surface area contributed by atoms with Crippen molar-refractivity contribution in [3.63, 3.8) is 0 Å². The van der Waals surface area contributed by atoms with Gasteiger partial charge in [0.2, 0.25) is 0 Å². The number of nitrogens with one attached hydrogen (secondary N) is 1. The fraction of sp³-hybridized carbons (Fsp3) is 0.286. The largest absolute Gasteiger partial charge is 0.404 e. The number of quaternary nitrogens is 2. The first-order valence-electron chi connectivity index (χ1n) is 12.5. The second-order valence-corrected chi connectivity index (χ2v) is 9.49. The van der Waals surface area contributed by atoms with E-state index < -0.39 is 0 Å². The highest BCUT2D eigenvalue weighted by molar-refractivity contribution is 6.30. The molecular weight excluding hydrogens is 484 g/mol. The van der Waals surface area contributed by atoms with Crippen LogP contribution in [0.2, 0.25) is 5.15 Å². The van der Waals surface area contributed by atoms with Gasteiger partial charge in [-0.3, -0.25) is 15.4 Å². The monoisotopic (exact) mass is 520 g/mol. The minimum absolute atomic E-state index is 0.325. The lowest BCUT2D eigenvalue weighted by Gasteiger charge is -2.19. The van der Waals surface area contributed by atoms with Crippen LogP contribution < -0.4 is 22.1 Å². The fourth-order valence-corrected chi connectivity index (χ4v) is 4.40. The molecule has 2 atom stereocenters. The number of pyridine rings is 3. The number of hydrogen-bond donors (Lipinski definition) is 5. The van der Waals surface area contributed by atoms with Gasteiger partial charge in [-0.2, -0.15) is 0 Å². The Hall–Kier alpha value is -3.59. The molecule has 3 aromatic heterocycles. The lowest BCUT2D eigenvalue weighted by Crippen LogP contribution is -2.79. The Morgan fingerprint density at radius 2 is 1.92 bits per heavy atom. The molecule has 0 bridgehead atoms. The highest BCUT2D eigenvalue weighted by Gasteiger charge is 2.18. The SMILES string of the molecule is CCC(C[C@H](C)C[NH2+]/C=C(\C(=N)c1ccncc1)c1cnc2ccc(Cl)nc2c1)C(/C=C(/N)[NH2+]C)=C/N. The molecular formula is C28H37ClN8+2. The Morgan fingerprint density at radius 1 is 1.16 bits per heavy atom. The topological polar surface area (TPSA) is 148 Å². The summed E-state index contributed by atoms with van der Waals surface area (Å²) in [5.41, 5.74) is 17.2. The number of nitrogens with zero attached hydrogens (tertiary/aromatic N) is 3. The number of nitrogens with two attached hydrogens (primary N) is 4. The van der Waals surface area contributed by atoms with Crippen molar-refractivity contribution in [1.29, 1.82) is 5.41 Å². The lowest BCUT2D eigenvalue weighted by molar-refractivity contribution is -0.593. The number of fused-ring (bicyclic) bond motifs is 1. The summed E-state index contributed by atoms with van der Waals surface area (Å²) < 4.78 is 0. The zero-order valence-electron chi connectivity index (χ0n) is 21.7. The van der Waals surface area contributed by atoms with Crippen molar-refractivity contribution in [2.75, 3.05) is 13.6 Å². The van der Waals surface area contributed by atoms with Crippen LogP contribution in [0.15, 0.2) is 78.8 Å². The summed E-state index contributed by atoms with van der Waals surface area (Å²) in [7, 11) is 1.92. The van der Waals surface area contributed by atoms with Gasteiger partial charge < -0.3 is 22.1 Å². The van der Waals surface area contributed by atoms with Gasteiger partial charge in [0.1, 0.15) is 11.4 Å². The molecule has 3 rings (SSSR count). The van der Waals surface area contributed by atoms with Crippen molar-refractivity contribution in [2.45, 2.75) is 26.7 Å². The average Bonchev–Trinajstić information content (AvgIpc) is 2.92. The minimum atomic E-state index is 0.325. The summed E-state index contributed by atoms with van der Waals surface area (Å²) in [6.45, 7) is 5.26. The number of aromatic nitrogens is 3. The standard InChI is InChI=1S/C28H35ClN8/c1-4-19(21(14-30)13-27(31)33-3)11-18(2)15-35-17-23(28(32)20-7-9-34-10-8-20)22-12-25-24(36-16-22)5-6-26(29)37-25/h5-10,12-14,16-19,32-33,35H,4,11,15,30-31H2,1-3H3/p+2/b21-14+,23-17-,27-13-,32-28?/t18-,19?/m0/s1. The molecule has 0 radical (unpaired) electrons. The van der Waals surface area contributed by atoms with Crippen molar-refractivity contribution in [2.24, 2.45) is 23.3 Å². The summed E-state index contributed by atoms with van der Waals surface area (Å²) in [5, 5.41) is 13.4. The maximum absolute atomic E-state index is 8.94. The molecule has 0 aliphatic carbocycles. The van der Waals surface area contributed by atoms with Crippen molar-refractivity contribution in [3.05, 3.63) is 95.1 Å². The molecule has 0 saturated carbocycles. The molecule has 0 aromatic carbocycles. The minimum Gasteiger partial charge on any atom is -0.404 e. The molecule has 3 aromatic rings. The van der Waals surface area contributed by atoms with Crippen molar-refractivity contribution < 1.29 is 10.6 Å². The molecule has 0 aliphatic heterocycles. The molecule has 37 heavy (non-hydrogen) atoms. The van der Waals surface area contributed by atoms with Crippen LogP contribution in [0.3, 0.4) is 0 Å². The molecule has 3 heterocycles. The first-order valence-corrected chi connectivity index (χ1v) is 12.9. The van der Waals surface area contributed by atoms with E-state index in [0.717, 1.165) is 53.0 Å². The predicted molar refractivity (Wildman–Crippen MR) is 150 cm³/mol. The van der Waals surface area contributed by atoms with Gasteiger partial charge in [-0.15, -0.1) is 0 Å². The predicted octanol–water partition coefficient (Wildman–Crippen LogP) is 2.54. The van der Waals surface area contributed by atoms with Gasteiger partial charge in [-0.05, 0) is 60.9 Å². The van der Waals surface area contributed by atoms with Gasteiger partial charge in [0, 0.05) is 41.7 Å². The number of hydrogen-bond acceptors (Lipinski definition) is 6. The zero-order chi connectivity index (χ0) is 26.8. The fourth-order valence-electron chi connectivity index (χ4n) is 4.24. The van der Waals surface area contributed by atoms with Gasteiger partial charge in [0.25, 0.3) is 0 Å². The van der Waals surface area contributed by atoms with Crippen LogP contribution in [0.4, 0.5) is 0 Å². The summed E-state index contributed by atoms with van der Waals surface area (Å²) >= 11 is 6.12. The summed E-state index contributed by atoms with van der Waals surface area (Å²) in [4.78, 5) is 13.0. The third-order valence-electron chi connectivity index (χ3n) is 6.39. The molecule has 9 N–H and O–H groups in total. The lowest BCUT2D eigenvalue weighted by atomic mass is 9.87. The molecule has 0 fully saturated rings. The number of halogens is 1. The molecule has 9 heteroatoms. The highest BCUT2D eigenvalue weighted by atomic mass is 35.5. The second kappa shape index (κ2) is 13.6. The van der Waals surface area contributed by atoms with Gasteiger partial charge in [0.15, 0.2) is 5.82 Å². The average molecular weight is 521 g/mol. The highest BCUT2D eigenvalue weighted by Crippen LogP contribution is 2.24. The molecule has 0 saturated heterocycles. The molecule has 0 amide bonds. The Bertz CT molecular complexity index is 1300. The van der Waals surface area contributed by atoms with Crippen LogP contribution in [0.25, 0.3) is 16.6 Å². The van der Waals surface area contributed by atoms with Crippen molar-refractivity contribution in [3.8, 4) is 0 Å². The smallest absolute Gasteiger partial charge is 0.195 e. The quantitative estimate of drug-likeness (QED) is 0.141. The van der Waals surface area contributed by atoms with E-state index in [2.05, 4.69) is 34.1 Å². The number of allylic oxidation sites excluding steroid dienone is 3. The molecule has 194 valence electrons. The van der Waals surface area contributed by atoms with E-state index in [0.29, 0.717) is 28.2 Å². The summed E-state index contributed by atoms with van der Waals surface area (Å²) in [5.74, 6) is 1.45. The van der Waals surface area contributed by atoms with E-state index in [4.69, 9.17) is 28.5 Å². The van der Waals surface area contributed by atoms with Crippen LogP contribution in [0.1, 0.15) is 37.8 Å². The van der Waals surface area contributed by atoms with E-state index in [-0.39, 0.29) is 0 Å². The molecule has 0 spiro atoms. The van der Waals surface area contributed by atoms with Gasteiger partial charge >= 0.3 is 0 Å². The first kappa shape index (κ1) is 28.0. The van der Waals surface area contributed by atoms with Gasteiger partial charge in [0.05, 0.1) is 35.9 Å².